The van der Waals surface area contributed by atoms with Crippen molar-refractivity contribution in [2.45, 2.75) is 51.7 Å². The summed E-state index contributed by atoms with van der Waals surface area (Å²) in [4.78, 5) is 18.8. The summed E-state index contributed by atoms with van der Waals surface area (Å²) >= 11 is 1.70. The van der Waals surface area contributed by atoms with Gasteiger partial charge in [0.1, 0.15) is 18.2 Å². The zero-order valence-electron chi connectivity index (χ0n) is 20.3. The lowest BCUT2D eigenvalue weighted by Gasteiger charge is -2.37. The highest BCUT2D eigenvalue weighted by Crippen LogP contribution is 2.34. The Morgan fingerprint density at radius 2 is 2.24 bits per heavy atom. The van der Waals surface area contributed by atoms with E-state index in [1.807, 2.05) is 11.0 Å². The van der Waals surface area contributed by atoms with Crippen molar-refractivity contribution < 1.29 is 19.0 Å². The lowest BCUT2D eigenvalue weighted by atomic mass is 10.00. The number of allylic oxidation sites excluding steroid dienone is 1. The van der Waals surface area contributed by atoms with Gasteiger partial charge in [0, 0.05) is 30.6 Å². The number of halogens is 1. The van der Waals surface area contributed by atoms with Gasteiger partial charge in [0.25, 0.3) is 0 Å². The lowest BCUT2D eigenvalue weighted by Crippen LogP contribution is -2.48. The zero-order valence-corrected chi connectivity index (χ0v) is 21.1. The maximum Gasteiger partial charge on any atom is 0.237 e. The molecule has 0 fully saturated rings. The van der Waals surface area contributed by atoms with E-state index in [1.165, 1.54) is 17.0 Å². The molecule has 3 rings (SSSR count). The van der Waals surface area contributed by atoms with Gasteiger partial charge in [0.2, 0.25) is 5.91 Å². The van der Waals surface area contributed by atoms with E-state index in [0.29, 0.717) is 31.2 Å². The zero-order chi connectivity index (χ0) is 24.5. The number of aliphatic hydroxyl groups is 1. The van der Waals surface area contributed by atoms with E-state index in [2.05, 4.69) is 36.8 Å². The maximum absolute atomic E-state index is 13.6. The molecular weight excluding hydrogens is 451 g/mol. The van der Waals surface area contributed by atoms with E-state index >= 15 is 0 Å². The molecular formula is C27H37FN2O3S. The van der Waals surface area contributed by atoms with Gasteiger partial charge in [-0.3, -0.25) is 9.69 Å². The van der Waals surface area contributed by atoms with E-state index in [-0.39, 0.29) is 30.9 Å². The molecule has 1 N–H and O–H groups in total. The van der Waals surface area contributed by atoms with E-state index in [9.17, 15) is 14.3 Å². The van der Waals surface area contributed by atoms with Crippen LogP contribution in [0.2, 0.25) is 0 Å². The summed E-state index contributed by atoms with van der Waals surface area (Å²) < 4.78 is 19.5. The SMILES string of the molecule is C=CCC[C@H](O)CN(CC(=O)N1CCc2sccc2[C@@H]1COc1cccc(F)c1)C[C@H](C)CC. The number of nitrogens with zero attached hydrogens (tertiary/aromatic N) is 2. The third kappa shape index (κ3) is 7.39. The molecule has 34 heavy (non-hydrogen) atoms. The van der Waals surface area contributed by atoms with Crippen LogP contribution in [0, 0.1) is 11.7 Å². The number of aliphatic hydroxyl groups excluding tert-OH is 1. The fourth-order valence-corrected chi connectivity index (χ4v) is 5.29. The van der Waals surface area contributed by atoms with Crippen LogP contribution in [0.25, 0.3) is 0 Å². The molecule has 1 aromatic carbocycles. The Hall–Kier alpha value is -2.22. The van der Waals surface area contributed by atoms with E-state index in [1.54, 1.807) is 23.5 Å². The standard InChI is InChI=1S/C27H37FN2O3S/c1-4-6-9-22(31)17-29(16-20(3)5-2)18-27(32)30-13-11-26-24(12-14-34-26)25(30)19-33-23-10-7-8-21(28)15-23/h4,7-8,10,12,14-15,20,22,25,31H,1,5-6,9,11,13,16-19H2,2-3H3/t20-,22+,25+/m1/s1. The molecule has 7 heteroatoms. The number of hydrogen-bond acceptors (Lipinski definition) is 5. The van der Waals surface area contributed by atoms with Gasteiger partial charge in [0.15, 0.2) is 0 Å². The number of fused-ring (bicyclic) bond motifs is 1. The molecule has 2 heterocycles. The monoisotopic (exact) mass is 488 g/mol. The molecule has 186 valence electrons. The van der Waals surface area contributed by atoms with Crippen molar-refractivity contribution in [1.82, 2.24) is 9.80 Å². The predicted octanol–water partition coefficient (Wildman–Crippen LogP) is 5.07. The van der Waals surface area contributed by atoms with Crippen LogP contribution in [0.4, 0.5) is 4.39 Å². The van der Waals surface area contributed by atoms with Crippen molar-refractivity contribution in [2.24, 2.45) is 5.92 Å². The van der Waals surface area contributed by atoms with Gasteiger partial charge in [-0.1, -0.05) is 32.4 Å². The Morgan fingerprint density at radius 3 is 2.97 bits per heavy atom. The first kappa shape index (κ1) is 26.4. The van der Waals surface area contributed by atoms with Crippen molar-refractivity contribution >= 4 is 17.2 Å². The molecule has 0 radical (unpaired) electrons. The Morgan fingerprint density at radius 1 is 1.41 bits per heavy atom. The normalized spacial score (nSPS) is 17.3. The quantitative estimate of drug-likeness (QED) is 0.400. The van der Waals surface area contributed by atoms with Gasteiger partial charge in [-0.2, -0.15) is 0 Å². The first-order valence-corrected chi connectivity index (χ1v) is 13.0. The van der Waals surface area contributed by atoms with Crippen LogP contribution in [-0.2, 0) is 11.2 Å². The van der Waals surface area contributed by atoms with Gasteiger partial charge in [-0.25, -0.2) is 4.39 Å². The molecule has 0 aliphatic carbocycles. The first-order valence-electron chi connectivity index (χ1n) is 12.2. The van der Waals surface area contributed by atoms with E-state index < -0.39 is 6.10 Å². The predicted molar refractivity (Wildman–Crippen MR) is 136 cm³/mol. The molecule has 1 aromatic heterocycles. The molecule has 3 atom stereocenters. The van der Waals surface area contributed by atoms with Gasteiger partial charge in [0.05, 0.1) is 18.7 Å². The molecule has 0 saturated carbocycles. The van der Waals surface area contributed by atoms with Crippen LogP contribution >= 0.6 is 11.3 Å². The fraction of sp³-hybridized carbons (Fsp3) is 0.519. The Labute approximate surface area is 206 Å². The summed E-state index contributed by atoms with van der Waals surface area (Å²) in [6.45, 7) is 10.4. The molecule has 0 bridgehead atoms. The average molecular weight is 489 g/mol. The van der Waals surface area contributed by atoms with Crippen molar-refractivity contribution in [1.29, 1.82) is 0 Å². The topological polar surface area (TPSA) is 53.0 Å². The molecule has 1 aliphatic heterocycles. The van der Waals surface area contributed by atoms with Crippen molar-refractivity contribution in [3.8, 4) is 5.75 Å². The van der Waals surface area contributed by atoms with Crippen LogP contribution in [0.5, 0.6) is 5.75 Å². The summed E-state index contributed by atoms with van der Waals surface area (Å²) in [5, 5.41) is 12.5. The van der Waals surface area contributed by atoms with Crippen molar-refractivity contribution in [3.05, 3.63) is 64.6 Å². The largest absolute Gasteiger partial charge is 0.491 e. The maximum atomic E-state index is 13.6. The van der Waals surface area contributed by atoms with E-state index in [0.717, 1.165) is 31.4 Å². The van der Waals surface area contributed by atoms with Gasteiger partial charge < -0.3 is 14.7 Å². The number of rotatable bonds is 13. The number of ether oxygens (including phenoxy) is 1. The molecule has 0 unspecified atom stereocenters. The number of carbonyl (C=O) groups is 1. The number of amides is 1. The second kappa shape index (κ2) is 13.0. The van der Waals surface area contributed by atoms with Crippen LogP contribution in [-0.4, -0.2) is 59.7 Å². The van der Waals surface area contributed by atoms with Crippen LogP contribution < -0.4 is 4.74 Å². The highest BCUT2D eigenvalue weighted by molar-refractivity contribution is 7.10. The Kier molecular flexibility index (Phi) is 10.1. The molecule has 0 saturated heterocycles. The second-order valence-electron chi connectivity index (χ2n) is 9.15. The van der Waals surface area contributed by atoms with Gasteiger partial charge >= 0.3 is 0 Å². The molecule has 2 aromatic rings. The smallest absolute Gasteiger partial charge is 0.237 e. The molecule has 1 amide bonds. The lowest BCUT2D eigenvalue weighted by molar-refractivity contribution is -0.136. The minimum Gasteiger partial charge on any atom is -0.491 e. The Balaban J connectivity index is 1.72. The summed E-state index contributed by atoms with van der Waals surface area (Å²) in [5.74, 6) is 0.569. The van der Waals surface area contributed by atoms with Crippen molar-refractivity contribution in [3.63, 3.8) is 0 Å². The minimum absolute atomic E-state index is 0.0314. The Bertz CT molecular complexity index is 934. The third-order valence-electron chi connectivity index (χ3n) is 6.42. The minimum atomic E-state index is -0.494. The average Bonchev–Trinajstić information content (AvgIpc) is 3.30. The molecule has 1 aliphatic rings. The van der Waals surface area contributed by atoms with Gasteiger partial charge in [-0.15, -0.1) is 17.9 Å². The number of carbonyl (C=O) groups excluding carboxylic acids is 1. The number of benzene rings is 1. The third-order valence-corrected chi connectivity index (χ3v) is 7.41. The summed E-state index contributed by atoms with van der Waals surface area (Å²) in [7, 11) is 0. The van der Waals surface area contributed by atoms with E-state index in [4.69, 9.17) is 4.74 Å². The van der Waals surface area contributed by atoms with Crippen LogP contribution in [0.15, 0.2) is 48.4 Å². The van der Waals surface area contributed by atoms with Gasteiger partial charge in [-0.05, 0) is 54.3 Å². The highest BCUT2D eigenvalue weighted by Gasteiger charge is 2.33. The fourth-order valence-electron chi connectivity index (χ4n) is 4.36. The number of hydrogen-bond donors (Lipinski definition) is 1. The summed E-state index contributed by atoms with van der Waals surface area (Å²) in [5.41, 5.74) is 1.11. The van der Waals surface area contributed by atoms with Crippen LogP contribution in [0.1, 0.15) is 49.6 Å². The molecule has 0 spiro atoms. The summed E-state index contributed by atoms with van der Waals surface area (Å²) in [6.07, 6.45) is 4.54. The highest BCUT2D eigenvalue weighted by atomic mass is 32.1. The van der Waals surface area contributed by atoms with Crippen molar-refractivity contribution in [2.75, 3.05) is 32.8 Å². The first-order chi connectivity index (χ1) is 16.4. The van der Waals surface area contributed by atoms with Crippen LogP contribution in [0.3, 0.4) is 0 Å². The second-order valence-corrected chi connectivity index (χ2v) is 10.1. The summed E-state index contributed by atoms with van der Waals surface area (Å²) in [6, 6.07) is 7.94. The number of thiophene rings is 1. The molecule has 5 nitrogen and oxygen atoms in total.